The molecule has 1 amide bonds. The molecule has 1 aromatic rings. The molecule has 0 bridgehead atoms. The zero-order valence-electron chi connectivity index (χ0n) is 9.36. The van der Waals surface area contributed by atoms with Crippen molar-refractivity contribution in [2.75, 3.05) is 7.11 Å². The van der Waals surface area contributed by atoms with Gasteiger partial charge < -0.3 is 4.74 Å². The second-order valence-corrected chi connectivity index (χ2v) is 3.15. The summed E-state index contributed by atoms with van der Waals surface area (Å²) >= 11 is 0. The summed E-state index contributed by atoms with van der Waals surface area (Å²) in [5.41, 5.74) is 8.31. The highest BCUT2D eigenvalue weighted by Crippen LogP contribution is 2.09. The van der Waals surface area contributed by atoms with Gasteiger partial charge >= 0.3 is 5.97 Å². The third-order valence-corrected chi connectivity index (χ3v) is 1.99. The van der Waals surface area contributed by atoms with Crippen LogP contribution in [0.5, 0.6) is 0 Å². The summed E-state index contributed by atoms with van der Waals surface area (Å²) in [4.78, 5) is 39.2. The predicted octanol–water partition coefficient (Wildman–Crippen LogP) is 1.06. The summed E-state index contributed by atoms with van der Waals surface area (Å²) in [5, 5.41) is 2.88. The molecule has 0 unspecified atom stereocenters. The smallest absolute Gasteiger partial charge is 0.357 e. The summed E-state index contributed by atoms with van der Waals surface area (Å²) < 4.78 is 4.44. The maximum atomic E-state index is 11.3. The van der Waals surface area contributed by atoms with Gasteiger partial charge in [0.25, 0.3) is 0 Å². The van der Waals surface area contributed by atoms with E-state index in [2.05, 4.69) is 19.7 Å². The van der Waals surface area contributed by atoms with Gasteiger partial charge in [-0.15, -0.1) is 0 Å². The Morgan fingerprint density at radius 2 is 2.33 bits per heavy atom. The van der Waals surface area contributed by atoms with E-state index >= 15 is 0 Å². The molecule has 92 valence electrons. The molecule has 0 saturated carbocycles. The Balaban J connectivity index is 3.05. The molecular formula is C10H8N4O4. The number of amides is 1. The fourth-order valence-electron chi connectivity index (χ4n) is 1.24. The third-order valence-electron chi connectivity index (χ3n) is 1.99. The van der Waals surface area contributed by atoms with Crippen LogP contribution in [0.25, 0.3) is 10.4 Å². The van der Waals surface area contributed by atoms with Gasteiger partial charge in [-0.3, -0.25) is 9.59 Å². The van der Waals surface area contributed by atoms with Gasteiger partial charge in [0.1, 0.15) is 0 Å². The molecular weight excluding hydrogens is 240 g/mol. The van der Waals surface area contributed by atoms with E-state index < -0.39 is 11.9 Å². The zero-order chi connectivity index (χ0) is 13.5. The number of carbonyl (C=O) groups excluding carboxylic acids is 3. The van der Waals surface area contributed by atoms with Crippen molar-refractivity contribution in [3.05, 3.63) is 39.5 Å². The molecule has 0 N–H and O–H groups in total. The molecule has 8 nitrogen and oxygen atoms in total. The molecule has 0 spiro atoms. The monoisotopic (exact) mass is 248 g/mol. The number of carbonyl (C=O) groups is 3. The van der Waals surface area contributed by atoms with Crippen LogP contribution in [0.15, 0.2) is 17.4 Å². The summed E-state index contributed by atoms with van der Waals surface area (Å²) in [6, 6.07) is 1.32. The lowest BCUT2D eigenvalue weighted by atomic mass is 10.1. The van der Waals surface area contributed by atoms with E-state index in [1.165, 1.54) is 12.3 Å². The summed E-state index contributed by atoms with van der Waals surface area (Å²) in [6.07, 6.45) is 1.48. The number of nitrogens with zero attached hydrogens (tertiary/aromatic N) is 4. The Morgan fingerprint density at radius 1 is 1.61 bits per heavy atom. The average Bonchev–Trinajstić information content (AvgIpc) is 2.38. The number of methoxy groups -OCH3 is 1. The van der Waals surface area contributed by atoms with Crippen molar-refractivity contribution < 1.29 is 19.1 Å². The van der Waals surface area contributed by atoms with Crippen LogP contribution < -0.4 is 0 Å². The first kappa shape index (κ1) is 13.3. The van der Waals surface area contributed by atoms with E-state index in [4.69, 9.17) is 5.53 Å². The minimum absolute atomic E-state index is 0.00749. The number of rotatable bonds is 4. The van der Waals surface area contributed by atoms with Crippen molar-refractivity contribution in [3.63, 3.8) is 0 Å². The van der Waals surface area contributed by atoms with Crippen molar-refractivity contribution in [3.8, 4) is 0 Å². The molecule has 18 heavy (non-hydrogen) atoms. The average molecular weight is 248 g/mol. The first-order valence-electron chi connectivity index (χ1n) is 4.72. The quantitative estimate of drug-likeness (QED) is 0.259. The molecule has 0 aliphatic carbocycles. The second kappa shape index (κ2) is 6.12. The maximum absolute atomic E-state index is 11.3. The molecule has 0 aliphatic heterocycles. The van der Waals surface area contributed by atoms with Crippen molar-refractivity contribution >= 4 is 18.2 Å². The van der Waals surface area contributed by atoms with Gasteiger partial charge in [0.2, 0.25) is 5.91 Å². The number of azide groups is 1. The van der Waals surface area contributed by atoms with Crippen molar-refractivity contribution in [2.45, 2.75) is 6.42 Å². The summed E-state index contributed by atoms with van der Waals surface area (Å²) in [5.74, 6) is -1.45. The highest BCUT2D eigenvalue weighted by atomic mass is 16.5. The van der Waals surface area contributed by atoms with Gasteiger partial charge in [-0.05, 0) is 22.3 Å². The number of hydrogen-bond acceptors (Lipinski definition) is 5. The van der Waals surface area contributed by atoms with Crippen LogP contribution in [0.4, 0.5) is 0 Å². The highest BCUT2D eigenvalue weighted by molar-refractivity contribution is 5.96. The van der Waals surface area contributed by atoms with Crippen LogP contribution in [0.1, 0.15) is 26.4 Å². The second-order valence-electron chi connectivity index (χ2n) is 3.15. The molecule has 0 fully saturated rings. The lowest BCUT2D eigenvalue weighted by Crippen LogP contribution is -2.10. The standard InChI is InChI=1S/C10H8N4O4/c1-18-10(17)9-7(5-15)2-6(4-12-9)3-8(16)13-14-11/h2,4-5H,3H2,1H3. The predicted molar refractivity (Wildman–Crippen MR) is 58.8 cm³/mol. The number of hydrogen-bond donors (Lipinski definition) is 0. The minimum atomic E-state index is -0.745. The third kappa shape index (κ3) is 3.13. The Morgan fingerprint density at radius 3 is 2.89 bits per heavy atom. The number of aromatic nitrogens is 1. The van der Waals surface area contributed by atoms with Crippen molar-refractivity contribution in [1.82, 2.24) is 4.98 Å². The lowest BCUT2D eigenvalue weighted by molar-refractivity contribution is -0.117. The highest BCUT2D eigenvalue weighted by Gasteiger charge is 2.14. The summed E-state index contributed by atoms with van der Waals surface area (Å²) in [6.45, 7) is 0. The molecule has 0 aliphatic rings. The van der Waals surface area contributed by atoms with Crippen LogP contribution in [0, 0.1) is 0 Å². The topological polar surface area (TPSA) is 122 Å². The first-order valence-corrected chi connectivity index (χ1v) is 4.72. The van der Waals surface area contributed by atoms with E-state index in [0.29, 0.717) is 11.8 Å². The molecule has 0 aromatic carbocycles. The lowest BCUT2D eigenvalue weighted by Gasteiger charge is -2.03. The van der Waals surface area contributed by atoms with E-state index in [1.807, 2.05) is 0 Å². The molecule has 1 aromatic heterocycles. The Hall–Kier alpha value is -2.73. The van der Waals surface area contributed by atoms with E-state index in [1.54, 1.807) is 0 Å². The van der Waals surface area contributed by atoms with Crippen LogP contribution in [0.3, 0.4) is 0 Å². The number of esters is 1. The molecule has 1 heterocycles. The van der Waals surface area contributed by atoms with Crippen molar-refractivity contribution in [1.29, 1.82) is 0 Å². The van der Waals surface area contributed by atoms with Crippen LogP contribution in [0.2, 0.25) is 0 Å². The van der Waals surface area contributed by atoms with Gasteiger partial charge in [0.15, 0.2) is 12.0 Å². The fraction of sp³-hybridized carbons (Fsp3) is 0.200. The van der Waals surface area contributed by atoms with E-state index in [-0.39, 0.29) is 17.7 Å². The fourth-order valence-corrected chi connectivity index (χ4v) is 1.24. The number of pyridine rings is 1. The van der Waals surface area contributed by atoms with Gasteiger partial charge in [-0.1, -0.05) is 0 Å². The molecule has 8 heteroatoms. The first-order chi connectivity index (χ1) is 8.62. The largest absolute Gasteiger partial charge is 0.464 e. The minimum Gasteiger partial charge on any atom is -0.464 e. The van der Waals surface area contributed by atoms with E-state index in [9.17, 15) is 14.4 Å². The maximum Gasteiger partial charge on any atom is 0.357 e. The van der Waals surface area contributed by atoms with Crippen LogP contribution in [-0.2, 0) is 16.0 Å². The normalized spacial score (nSPS) is 9.17. The molecule has 0 atom stereocenters. The van der Waals surface area contributed by atoms with Crippen LogP contribution in [-0.4, -0.2) is 30.3 Å². The van der Waals surface area contributed by atoms with E-state index in [0.717, 1.165) is 7.11 Å². The zero-order valence-corrected chi connectivity index (χ0v) is 9.36. The van der Waals surface area contributed by atoms with Gasteiger partial charge in [-0.2, -0.15) is 0 Å². The molecule has 1 rings (SSSR count). The molecule has 0 saturated heterocycles. The number of ether oxygens (including phenoxy) is 1. The van der Waals surface area contributed by atoms with Gasteiger partial charge in [-0.25, -0.2) is 9.78 Å². The SMILES string of the molecule is COC(=O)c1ncc(CC(=O)N=[N+]=[N-])cc1C=O. The molecule has 0 radical (unpaired) electrons. The Labute approximate surface area is 101 Å². The Kier molecular flexibility index (Phi) is 4.53. The van der Waals surface area contributed by atoms with Gasteiger partial charge in [0.05, 0.1) is 7.11 Å². The van der Waals surface area contributed by atoms with Gasteiger partial charge in [0, 0.05) is 23.1 Å². The Bertz CT molecular complexity index is 549. The van der Waals surface area contributed by atoms with Crippen molar-refractivity contribution in [2.24, 2.45) is 5.11 Å². The van der Waals surface area contributed by atoms with Crippen LogP contribution >= 0.6 is 0 Å². The summed E-state index contributed by atoms with van der Waals surface area (Å²) in [7, 11) is 1.16. The number of aldehydes is 1.